The minimum atomic E-state index is -0.216. The third-order valence-corrected chi connectivity index (χ3v) is 6.96. The van der Waals surface area contributed by atoms with Crippen LogP contribution in [0.4, 0.5) is 0 Å². The first-order chi connectivity index (χ1) is 15.1. The predicted molar refractivity (Wildman–Crippen MR) is 118 cm³/mol. The van der Waals surface area contributed by atoms with Crippen LogP contribution in [-0.4, -0.2) is 32.3 Å². The molecular formula is C23H22N4O3S. The second-order valence-corrected chi connectivity index (χ2v) is 8.80. The molecule has 0 aliphatic carbocycles. The lowest BCUT2D eigenvalue weighted by Gasteiger charge is -2.33. The topological polar surface area (TPSA) is 92.1 Å². The number of rotatable bonds is 4. The molecule has 8 heteroatoms. The van der Waals surface area contributed by atoms with E-state index in [2.05, 4.69) is 27.1 Å². The lowest BCUT2D eigenvalue weighted by molar-refractivity contribution is 0.0574. The number of amides is 1. The van der Waals surface area contributed by atoms with Gasteiger partial charge in [-0.05, 0) is 37.3 Å². The number of aromatic nitrogens is 3. The lowest BCUT2D eigenvalue weighted by Crippen LogP contribution is -2.38. The van der Waals surface area contributed by atoms with Crippen LogP contribution in [-0.2, 0) is 6.42 Å². The second-order valence-electron chi connectivity index (χ2n) is 7.81. The zero-order valence-corrected chi connectivity index (χ0v) is 17.9. The molecule has 5 rings (SSSR count). The summed E-state index contributed by atoms with van der Waals surface area (Å²) in [5.41, 5.74) is 1.62. The van der Waals surface area contributed by atoms with Crippen molar-refractivity contribution in [1.82, 2.24) is 19.9 Å². The van der Waals surface area contributed by atoms with Crippen LogP contribution in [0.3, 0.4) is 0 Å². The van der Waals surface area contributed by atoms with Crippen LogP contribution in [0.2, 0.25) is 0 Å². The van der Waals surface area contributed by atoms with Crippen LogP contribution in [0.25, 0.3) is 10.2 Å². The number of hydrogen-bond donors (Lipinski definition) is 1. The number of carbonyl (C=O) groups is 1. The van der Waals surface area contributed by atoms with Crippen molar-refractivity contribution in [3.8, 4) is 0 Å². The van der Waals surface area contributed by atoms with Gasteiger partial charge in [0.15, 0.2) is 0 Å². The summed E-state index contributed by atoms with van der Waals surface area (Å²) in [5.74, 6) is 1.27. The van der Waals surface area contributed by atoms with Crippen molar-refractivity contribution in [2.24, 2.45) is 0 Å². The average molecular weight is 435 g/mol. The molecule has 0 bridgehead atoms. The molecule has 7 nitrogen and oxygen atoms in total. The van der Waals surface area contributed by atoms with E-state index in [-0.39, 0.29) is 17.5 Å². The van der Waals surface area contributed by atoms with Crippen molar-refractivity contribution in [1.29, 1.82) is 0 Å². The Morgan fingerprint density at radius 2 is 2.10 bits per heavy atom. The Hall–Kier alpha value is -3.26. The molecule has 0 saturated carbocycles. The number of nitrogens with zero attached hydrogens (tertiary/aromatic N) is 3. The van der Waals surface area contributed by atoms with Gasteiger partial charge in [0, 0.05) is 13.0 Å². The number of H-pyrrole nitrogens is 1. The molecule has 4 aromatic rings. The summed E-state index contributed by atoms with van der Waals surface area (Å²) in [6.45, 7) is 2.45. The Bertz CT molecular complexity index is 1290. The molecule has 1 aromatic carbocycles. The molecule has 31 heavy (non-hydrogen) atoms. The fourth-order valence-corrected chi connectivity index (χ4v) is 5.31. The van der Waals surface area contributed by atoms with Gasteiger partial charge < -0.3 is 14.3 Å². The SMILES string of the molecule is Cc1c(C(=O)N2CCCC[C@@H]2c2ncc(Cc3ccccc3)o2)sc2nc[nH]c(=O)c12. The molecule has 0 spiro atoms. The summed E-state index contributed by atoms with van der Waals surface area (Å²) in [7, 11) is 0. The van der Waals surface area contributed by atoms with Crippen molar-refractivity contribution in [2.45, 2.75) is 38.6 Å². The number of aromatic amines is 1. The van der Waals surface area contributed by atoms with E-state index in [0.717, 1.165) is 30.6 Å². The smallest absolute Gasteiger partial charge is 0.264 e. The molecule has 1 atom stereocenters. The minimum Gasteiger partial charge on any atom is -0.443 e. The summed E-state index contributed by atoms with van der Waals surface area (Å²) in [4.78, 5) is 40.0. The van der Waals surface area contributed by atoms with Crippen LogP contribution in [0, 0.1) is 6.92 Å². The van der Waals surface area contributed by atoms with E-state index in [9.17, 15) is 9.59 Å². The van der Waals surface area contributed by atoms with Crippen molar-refractivity contribution in [2.75, 3.05) is 6.54 Å². The first-order valence-corrected chi connectivity index (χ1v) is 11.2. The van der Waals surface area contributed by atoms with E-state index in [0.29, 0.717) is 39.5 Å². The molecule has 0 radical (unpaired) electrons. The van der Waals surface area contributed by atoms with E-state index >= 15 is 0 Å². The van der Waals surface area contributed by atoms with Crippen molar-refractivity contribution in [3.05, 3.63) is 80.9 Å². The maximum atomic E-state index is 13.5. The number of carbonyl (C=O) groups excluding carboxylic acids is 1. The number of likely N-dealkylation sites (tertiary alicyclic amines) is 1. The van der Waals surface area contributed by atoms with Gasteiger partial charge in [-0.3, -0.25) is 9.59 Å². The molecule has 1 amide bonds. The number of piperidine rings is 1. The zero-order chi connectivity index (χ0) is 21.4. The predicted octanol–water partition coefficient (Wildman–Crippen LogP) is 4.24. The van der Waals surface area contributed by atoms with Crippen molar-refractivity contribution < 1.29 is 9.21 Å². The number of oxazole rings is 1. The minimum absolute atomic E-state index is 0.0904. The first kappa shape index (κ1) is 19.7. The standard InChI is InChI=1S/C23H22N4O3S/c1-14-18-20(28)25-13-26-22(18)31-19(14)23(29)27-10-6-5-9-17(27)21-24-12-16(30-21)11-15-7-3-2-4-8-15/h2-4,7-8,12-13,17H,5-6,9-11H2,1H3,(H,25,26,28)/t17-/m1/s1. The van der Waals surface area contributed by atoms with Gasteiger partial charge >= 0.3 is 0 Å². The van der Waals surface area contributed by atoms with E-state index in [1.54, 1.807) is 6.20 Å². The normalized spacial score (nSPS) is 16.7. The molecule has 158 valence electrons. The number of hydrogen-bond acceptors (Lipinski definition) is 6. The third kappa shape index (κ3) is 3.67. The van der Waals surface area contributed by atoms with Crippen LogP contribution in [0.15, 0.2) is 52.1 Å². The molecule has 1 fully saturated rings. The Morgan fingerprint density at radius 3 is 2.90 bits per heavy atom. The number of nitrogens with one attached hydrogen (secondary N) is 1. The van der Waals surface area contributed by atoms with E-state index in [4.69, 9.17) is 4.42 Å². The Labute approximate surface area is 182 Å². The number of benzene rings is 1. The van der Waals surface area contributed by atoms with Gasteiger partial charge in [0.1, 0.15) is 16.6 Å². The van der Waals surface area contributed by atoms with Crippen LogP contribution in [0.1, 0.15) is 57.8 Å². The van der Waals surface area contributed by atoms with Gasteiger partial charge in [-0.1, -0.05) is 30.3 Å². The number of thiophene rings is 1. The maximum absolute atomic E-state index is 13.5. The second kappa shape index (κ2) is 8.11. The van der Waals surface area contributed by atoms with Gasteiger partial charge in [0.25, 0.3) is 11.5 Å². The number of fused-ring (bicyclic) bond motifs is 1. The highest BCUT2D eigenvalue weighted by Crippen LogP contribution is 2.35. The Kier molecular flexibility index (Phi) is 5.15. The molecule has 1 saturated heterocycles. The summed E-state index contributed by atoms with van der Waals surface area (Å²) in [6, 6.07) is 9.89. The monoisotopic (exact) mass is 434 g/mol. The first-order valence-electron chi connectivity index (χ1n) is 10.4. The highest BCUT2D eigenvalue weighted by atomic mass is 32.1. The molecule has 3 aromatic heterocycles. The molecule has 0 unspecified atom stereocenters. The lowest BCUT2D eigenvalue weighted by atomic mass is 10.0. The quantitative estimate of drug-likeness (QED) is 0.519. The molecule has 1 aliphatic rings. The summed E-state index contributed by atoms with van der Waals surface area (Å²) < 4.78 is 6.08. The van der Waals surface area contributed by atoms with Gasteiger partial charge in [0.05, 0.1) is 22.8 Å². The third-order valence-electron chi connectivity index (χ3n) is 5.77. The Balaban J connectivity index is 1.44. The summed E-state index contributed by atoms with van der Waals surface area (Å²) in [6.07, 6.45) is 6.55. The van der Waals surface area contributed by atoms with Gasteiger partial charge in [0.2, 0.25) is 5.89 Å². The highest BCUT2D eigenvalue weighted by molar-refractivity contribution is 7.20. The van der Waals surface area contributed by atoms with Gasteiger partial charge in [-0.25, -0.2) is 9.97 Å². The van der Waals surface area contributed by atoms with Crippen molar-refractivity contribution in [3.63, 3.8) is 0 Å². The van der Waals surface area contributed by atoms with Crippen LogP contribution >= 0.6 is 11.3 Å². The zero-order valence-electron chi connectivity index (χ0n) is 17.1. The molecule has 1 N–H and O–H groups in total. The summed E-state index contributed by atoms with van der Waals surface area (Å²) in [5, 5.41) is 0.491. The molecule has 1 aliphatic heterocycles. The molecular weight excluding hydrogens is 412 g/mol. The largest absolute Gasteiger partial charge is 0.443 e. The maximum Gasteiger partial charge on any atom is 0.264 e. The van der Waals surface area contributed by atoms with Gasteiger partial charge in [-0.2, -0.15) is 0 Å². The highest BCUT2D eigenvalue weighted by Gasteiger charge is 2.34. The van der Waals surface area contributed by atoms with E-state index < -0.39 is 0 Å². The van der Waals surface area contributed by atoms with Crippen LogP contribution < -0.4 is 5.56 Å². The van der Waals surface area contributed by atoms with E-state index in [1.807, 2.05) is 30.0 Å². The van der Waals surface area contributed by atoms with Gasteiger partial charge in [-0.15, -0.1) is 11.3 Å². The fourth-order valence-electron chi connectivity index (χ4n) is 4.20. The average Bonchev–Trinajstić information content (AvgIpc) is 3.39. The van der Waals surface area contributed by atoms with E-state index in [1.165, 1.54) is 17.7 Å². The van der Waals surface area contributed by atoms with Crippen LogP contribution in [0.5, 0.6) is 0 Å². The molecule has 4 heterocycles. The number of aryl methyl sites for hydroxylation is 1. The Morgan fingerprint density at radius 1 is 1.26 bits per heavy atom. The summed E-state index contributed by atoms with van der Waals surface area (Å²) >= 11 is 1.27. The fraction of sp³-hybridized carbons (Fsp3) is 0.304. The van der Waals surface area contributed by atoms with Crippen molar-refractivity contribution >= 4 is 27.5 Å².